The summed E-state index contributed by atoms with van der Waals surface area (Å²) in [4.78, 5) is 84.5. The number of nitrogens with zero attached hydrogens (tertiary/aromatic N) is 2. The molecule has 8 saturated carbocycles. The maximum absolute atomic E-state index is 12.4. The second-order valence-corrected chi connectivity index (χ2v) is 33.4. The lowest BCUT2D eigenvalue weighted by molar-refractivity contribution is -0.0413. The number of ether oxygens (including phenoxy) is 4. The van der Waals surface area contributed by atoms with Crippen LogP contribution in [-0.2, 0) is 18.9 Å². The Kier molecular flexibility index (Phi) is 23.6. The van der Waals surface area contributed by atoms with Crippen molar-refractivity contribution >= 4 is 47.4 Å². The summed E-state index contributed by atoms with van der Waals surface area (Å²) in [6, 6.07) is 8.82. The van der Waals surface area contributed by atoms with Crippen LogP contribution < -0.4 is 44.6 Å². The lowest BCUT2D eigenvalue weighted by Crippen LogP contribution is -2.58. The van der Waals surface area contributed by atoms with E-state index in [2.05, 4.69) is 83.0 Å². The molecule has 0 aromatic carbocycles. The van der Waals surface area contributed by atoms with Crippen molar-refractivity contribution in [1.82, 2.24) is 41.2 Å². The molecule has 12 rings (SSSR count). The predicted octanol–water partition coefficient (Wildman–Crippen LogP) is 11.3. The van der Waals surface area contributed by atoms with Gasteiger partial charge in [0.15, 0.2) is 11.6 Å². The van der Waals surface area contributed by atoms with E-state index in [1.807, 2.05) is 140 Å². The number of nitrogens with one attached hydrogen (secondary N) is 8. The Labute approximate surface area is 572 Å². The fraction of sp³-hybridized carbons (Fsp3) is 0.667. The van der Waals surface area contributed by atoms with Gasteiger partial charge in [0, 0.05) is 72.6 Å². The van der Waals surface area contributed by atoms with Gasteiger partial charge in [-0.25, -0.2) is 19.2 Å². The number of carbonyl (C=O) groups is 6. The van der Waals surface area contributed by atoms with Crippen molar-refractivity contribution in [2.75, 3.05) is 0 Å². The minimum Gasteiger partial charge on any atom is -0.444 e. The van der Waals surface area contributed by atoms with Crippen LogP contribution in [0.3, 0.4) is 0 Å². The zero-order chi connectivity index (χ0) is 70.7. The number of amides is 4. The van der Waals surface area contributed by atoms with Crippen LogP contribution in [0.2, 0.25) is 0 Å². The molecule has 4 amide bonds. The Morgan fingerprint density at radius 1 is 0.412 bits per heavy atom. The van der Waals surface area contributed by atoms with Gasteiger partial charge in [-0.3, -0.25) is 21.3 Å². The van der Waals surface area contributed by atoms with Crippen LogP contribution in [0, 0.1) is 73.0 Å². The molecule has 8 aliphatic rings. The third-order valence-corrected chi connectivity index (χ3v) is 20.2. The van der Waals surface area contributed by atoms with E-state index < -0.39 is 22.4 Å². The molecule has 4 spiro atoms. The maximum atomic E-state index is 12.4. The first-order valence-corrected chi connectivity index (χ1v) is 34.3. The molecule has 0 aliphatic heterocycles. The van der Waals surface area contributed by atoms with Crippen molar-refractivity contribution in [1.29, 1.82) is 0 Å². The van der Waals surface area contributed by atoms with Gasteiger partial charge in [-0.1, -0.05) is 0 Å². The topological polar surface area (TPSA) is 411 Å². The Hall–Kier alpha value is -7.64. The Balaban J connectivity index is 0.000000180. The number of rotatable bonds is 12. The van der Waals surface area contributed by atoms with E-state index in [0.29, 0.717) is 22.7 Å². The van der Waals surface area contributed by atoms with Gasteiger partial charge in [-0.15, -0.1) is 0 Å². The molecule has 0 atom stereocenters. The minimum atomic E-state index is -0.465. The molecule has 25 nitrogen and oxygen atoms in total. The van der Waals surface area contributed by atoms with Gasteiger partial charge >= 0.3 is 24.4 Å². The van der Waals surface area contributed by atoms with Crippen LogP contribution in [0.4, 0.5) is 19.2 Å². The summed E-state index contributed by atoms with van der Waals surface area (Å²) in [7, 11) is 0. The monoisotopic (exact) mass is 1350 g/mol. The molecule has 4 aromatic rings. The van der Waals surface area contributed by atoms with Crippen molar-refractivity contribution in [3.05, 3.63) is 94.1 Å². The predicted molar refractivity (Wildman–Crippen MR) is 374 cm³/mol. The molecule has 8 aliphatic carbocycles. The highest BCUT2D eigenvalue weighted by molar-refractivity contribution is 6.03. The number of Topliss-reactive ketones (excluding diaryl/α,β-unsaturated/α-hetero) is 2. The second-order valence-electron chi connectivity index (χ2n) is 33.4. The molecule has 0 unspecified atom stereocenters. The number of hydrazone groups is 2. The van der Waals surface area contributed by atoms with Gasteiger partial charge in [0.2, 0.25) is 0 Å². The van der Waals surface area contributed by atoms with Crippen LogP contribution in [-0.4, -0.2) is 119 Å². The number of hydrogen-bond acceptors (Lipinski definition) is 16. The highest BCUT2D eigenvalue weighted by Gasteiger charge is 2.58. The molecule has 4 aromatic heterocycles. The summed E-state index contributed by atoms with van der Waals surface area (Å²) in [5.74, 6) is 20.8. The van der Waals surface area contributed by atoms with Crippen molar-refractivity contribution in [3.8, 4) is 0 Å². The van der Waals surface area contributed by atoms with Gasteiger partial charge in [0.05, 0.1) is 34.2 Å². The summed E-state index contributed by atoms with van der Waals surface area (Å²) in [6.07, 6.45) is 22.3. The SMILES string of the molecule is Cc1c[nH]c(/C(=N/N)C2CC3(CC(NC(=O)OC(C)(C)C)C3)C2)c1.Cc1c[nH]c(C(=O)C2CC3(CC(NC(=O)OC(C)(C)C)C3)C2)c1.Cc1cc[nH]c1/C(=N/N)C1CC2(CC(NC(=O)OC(C)(C)C)C2)C1.Cc1cc[nH]c1C(=O)C1CC2(CC(NC(=O)OC(C)(C)C)C2)C1.NN.O. The van der Waals surface area contributed by atoms with E-state index in [4.69, 9.17) is 30.6 Å². The molecule has 0 bridgehead atoms. The Morgan fingerprint density at radius 2 is 0.691 bits per heavy atom. The second kappa shape index (κ2) is 29.8. The van der Waals surface area contributed by atoms with Crippen molar-refractivity contribution in [3.63, 3.8) is 0 Å². The third-order valence-electron chi connectivity index (χ3n) is 20.2. The van der Waals surface area contributed by atoms with Gasteiger partial charge < -0.3 is 77.3 Å². The van der Waals surface area contributed by atoms with E-state index in [0.717, 1.165) is 148 Å². The Morgan fingerprint density at radius 3 is 0.959 bits per heavy atom. The van der Waals surface area contributed by atoms with E-state index in [-0.39, 0.29) is 88.2 Å². The number of alkyl carbamates (subject to hydrolysis) is 4. The van der Waals surface area contributed by atoms with Crippen LogP contribution in [0.1, 0.15) is 240 Å². The number of ketones is 2. The van der Waals surface area contributed by atoms with Gasteiger partial charge in [-0.2, -0.15) is 10.2 Å². The average Bonchev–Trinajstić information content (AvgIpc) is 1.10. The number of hydrazine groups is 1. The average molecular weight is 1350 g/mol. The zero-order valence-corrected chi connectivity index (χ0v) is 60.3. The summed E-state index contributed by atoms with van der Waals surface area (Å²) in [5, 5.41) is 19.8. The van der Waals surface area contributed by atoms with Crippen LogP contribution in [0.15, 0.2) is 59.3 Å². The highest BCUT2D eigenvalue weighted by atomic mass is 16.6. The maximum Gasteiger partial charge on any atom is 0.407 e. The van der Waals surface area contributed by atoms with Gasteiger partial charge in [0.25, 0.3) is 0 Å². The molecule has 538 valence electrons. The van der Waals surface area contributed by atoms with Crippen molar-refractivity contribution in [2.45, 2.75) is 260 Å². The lowest BCUT2D eigenvalue weighted by atomic mass is 9.49. The first-order chi connectivity index (χ1) is 44.7. The lowest BCUT2D eigenvalue weighted by Gasteiger charge is -2.57. The molecule has 0 saturated heterocycles. The third kappa shape index (κ3) is 19.8. The van der Waals surface area contributed by atoms with Crippen LogP contribution in [0.5, 0.6) is 0 Å². The first-order valence-electron chi connectivity index (χ1n) is 34.3. The van der Waals surface area contributed by atoms with Gasteiger partial charge in [0.1, 0.15) is 22.4 Å². The fourth-order valence-corrected chi connectivity index (χ4v) is 16.2. The number of hydrogen-bond donors (Lipinski definition) is 12. The van der Waals surface area contributed by atoms with E-state index >= 15 is 0 Å². The minimum absolute atomic E-state index is 0. The summed E-state index contributed by atoms with van der Waals surface area (Å²) < 4.78 is 21.2. The number of aromatic nitrogens is 4. The quantitative estimate of drug-likeness (QED) is 0.0206. The number of carbonyl (C=O) groups excluding carboxylic acids is 6. The summed E-state index contributed by atoms with van der Waals surface area (Å²) in [5.41, 5.74) is 9.39. The standard InChI is InChI=1S/2C18H28N4O2.2C18H26N2O3.H4N2.H2O/c1-11-5-14(20-10-11)15(22-19)12-6-18(7-12)8-13(9-18)21-16(23)24-17(2,3)4;1-11-5-6-20-14(11)15(22-19)12-7-18(8-12)9-13(10-18)21-16(23)24-17(2,3)4;1-11-5-14(19-10-11)15(21)12-6-18(7-12)8-13(9-18)20-16(22)23-17(2,3)4;1-11-5-6-19-14(11)15(21)12-7-18(8-12)9-13(10-18)20-16(22)23-17(2,3)4;1-2;/h5,10,12-13,20H,6-9,19H2,1-4H3,(H,21,23);5-6,12-13,20H,7-10,19H2,1-4H3,(H,21,23);5,10,12-13,19H,6-9H2,1-4H3,(H,20,22);5-6,12-13,19H,7-10H2,1-4H3,(H,20,22);1-2H2;1H2/b2*22-15+;;;;. The van der Waals surface area contributed by atoms with Crippen molar-refractivity contribution < 1.29 is 53.2 Å². The molecular weight excluding hydrogens is 1240 g/mol. The Bertz CT molecular complexity index is 3420. The van der Waals surface area contributed by atoms with Crippen LogP contribution >= 0.6 is 0 Å². The summed E-state index contributed by atoms with van der Waals surface area (Å²) in [6.45, 7) is 30.5. The molecule has 4 heterocycles. The normalized spacial score (nSPS) is 28.8. The fourth-order valence-electron chi connectivity index (χ4n) is 16.2. The van der Waals surface area contributed by atoms with Gasteiger partial charge in [-0.05, 0) is 282 Å². The molecule has 97 heavy (non-hydrogen) atoms. The highest BCUT2D eigenvalue weighted by Crippen LogP contribution is 2.62. The smallest absolute Gasteiger partial charge is 0.407 e. The first kappa shape index (κ1) is 76.7. The molecule has 18 N–H and O–H groups in total. The van der Waals surface area contributed by atoms with E-state index in [9.17, 15) is 28.8 Å². The zero-order valence-electron chi connectivity index (χ0n) is 60.3. The summed E-state index contributed by atoms with van der Waals surface area (Å²) >= 11 is 0. The largest absolute Gasteiger partial charge is 0.444 e. The van der Waals surface area contributed by atoms with Crippen LogP contribution in [0.25, 0.3) is 0 Å². The van der Waals surface area contributed by atoms with E-state index in [1.54, 1.807) is 0 Å². The van der Waals surface area contributed by atoms with E-state index in [1.165, 1.54) is 11.1 Å². The number of H-pyrrole nitrogens is 4. The molecule has 25 heteroatoms. The molecule has 8 fully saturated rings. The molecular formula is C72H114N14O11. The number of nitrogens with two attached hydrogens (primary N) is 4. The molecule has 0 radical (unpaired) electrons. The number of aromatic amines is 4. The number of aryl methyl sites for hydroxylation is 4. The van der Waals surface area contributed by atoms with Crippen molar-refractivity contribution in [2.24, 2.45) is 78.9 Å².